The predicted octanol–water partition coefficient (Wildman–Crippen LogP) is 1.08. The molecule has 7 nitrogen and oxygen atoms in total. The Morgan fingerprint density at radius 3 is 2.86 bits per heavy atom. The molecule has 1 aromatic carbocycles. The highest BCUT2D eigenvalue weighted by atomic mass is 32.2. The molecule has 2 aromatic rings. The summed E-state index contributed by atoms with van der Waals surface area (Å²) in [4.78, 5) is 10.7. The van der Waals surface area contributed by atoms with Crippen LogP contribution in [-0.4, -0.2) is 43.8 Å². The quantitative estimate of drug-likeness (QED) is 0.770. The van der Waals surface area contributed by atoms with E-state index in [0.29, 0.717) is 5.69 Å². The SMILES string of the molecule is COc1cc(F)ccc1-n1c(CO)nnc1SCC(=O)O. The van der Waals surface area contributed by atoms with Gasteiger partial charge in [-0.15, -0.1) is 10.2 Å². The highest BCUT2D eigenvalue weighted by molar-refractivity contribution is 7.99. The smallest absolute Gasteiger partial charge is 0.313 e. The van der Waals surface area contributed by atoms with Crippen LogP contribution in [0, 0.1) is 5.82 Å². The number of nitrogens with zero attached hydrogens (tertiary/aromatic N) is 3. The van der Waals surface area contributed by atoms with E-state index in [-0.39, 0.29) is 22.5 Å². The molecule has 0 saturated heterocycles. The molecule has 0 fully saturated rings. The molecule has 2 rings (SSSR count). The zero-order valence-electron chi connectivity index (χ0n) is 11.0. The van der Waals surface area contributed by atoms with Crippen molar-refractivity contribution in [3.05, 3.63) is 29.8 Å². The van der Waals surface area contributed by atoms with Crippen molar-refractivity contribution in [1.82, 2.24) is 14.8 Å². The first-order valence-electron chi connectivity index (χ1n) is 5.80. The summed E-state index contributed by atoms with van der Waals surface area (Å²) < 4.78 is 19.8. The van der Waals surface area contributed by atoms with Gasteiger partial charge in [-0.05, 0) is 12.1 Å². The third-order valence-corrected chi connectivity index (χ3v) is 3.46. The van der Waals surface area contributed by atoms with Gasteiger partial charge in [-0.2, -0.15) is 0 Å². The fourth-order valence-corrected chi connectivity index (χ4v) is 2.38. The van der Waals surface area contributed by atoms with Crippen LogP contribution in [0.3, 0.4) is 0 Å². The van der Waals surface area contributed by atoms with Gasteiger partial charge >= 0.3 is 5.97 Å². The minimum atomic E-state index is -1.01. The molecule has 0 unspecified atom stereocenters. The predicted molar refractivity (Wildman–Crippen MR) is 72.2 cm³/mol. The fraction of sp³-hybridized carbons (Fsp3) is 0.250. The first kappa shape index (κ1) is 15.3. The van der Waals surface area contributed by atoms with Gasteiger partial charge in [0.05, 0.1) is 18.6 Å². The number of hydrogen-bond donors (Lipinski definition) is 2. The molecule has 2 N–H and O–H groups in total. The van der Waals surface area contributed by atoms with E-state index < -0.39 is 18.4 Å². The normalized spacial score (nSPS) is 10.6. The van der Waals surface area contributed by atoms with E-state index in [1.807, 2.05) is 0 Å². The van der Waals surface area contributed by atoms with Crippen molar-refractivity contribution < 1.29 is 24.1 Å². The van der Waals surface area contributed by atoms with Crippen LogP contribution in [0.1, 0.15) is 5.82 Å². The van der Waals surface area contributed by atoms with E-state index in [1.54, 1.807) is 0 Å². The maximum Gasteiger partial charge on any atom is 0.313 e. The number of rotatable bonds is 6. The summed E-state index contributed by atoms with van der Waals surface area (Å²) in [6, 6.07) is 3.86. The lowest BCUT2D eigenvalue weighted by molar-refractivity contribution is -0.133. The lowest BCUT2D eigenvalue weighted by atomic mass is 10.2. The first-order valence-corrected chi connectivity index (χ1v) is 6.79. The lowest BCUT2D eigenvalue weighted by Crippen LogP contribution is -2.06. The maximum atomic E-state index is 13.3. The molecular formula is C12H12FN3O4S. The Bertz CT molecular complexity index is 662. The zero-order chi connectivity index (χ0) is 15.4. The van der Waals surface area contributed by atoms with Crippen LogP contribution in [0.2, 0.25) is 0 Å². The van der Waals surface area contributed by atoms with Gasteiger partial charge in [0.15, 0.2) is 11.0 Å². The number of aromatic nitrogens is 3. The van der Waals surface area contributed by atoms with Crippen molar-refractivity contribution in [2.24, 2.45) is 0 Å². The van der Waals surface area contributed by atoms with Crippen molar-refractivity contribution in [1.29, 1.82) is 0 Å². The van der Waals surface area contributed by atoms with Crippen molar-refractivity contribution in [3.8, 4) is 11.4 Å². The van der Waals surface area contributed by atoms with Crippen molar-refractivity contribution >= 4 is 17.7 Å². The van der Waals surface area contributed by atoms with E-state index in [4.69, 9.17) is 9.84 Å². The number of benzene rings is 1. The third-order valence-electron chi connectivity index (χ3n) is 2.55. The topological polar surface area (TPSA) is 97.5 Å². The summed E-state index contributed by atoms with van der Waals surface area (Å²) in [5.41, 5.74) is 0.417. The number of ether oxygens (including phenoxy) is 1. The molecule has 112 valence electrons. The molecule has 0 saturated carbocycles. The number of methoxy groups -OCH3 is 1. The highest BCUT2D eigenvalue weighted by Crippen LogP contribution is 2.29. The minimum absolute atomic E-state index is 0.202. The summed E-state index contributed by atoms with van der Waals surface area (Å²) in [6.45, 7) is -0.402. The average molecular weight is 313 g/mol. The first-order chi connectivity index (χ1) is 10.1. The van der Waals surface area contributed by atoms with Gasteiger partial charge < -0.3 is 14.9 Å². The van der Waals surface area contributed by atoms with Crippen LogP contribution < -0.4 is 4.74 Å². The summed E-state index contributed by atoms with van der Waals surface area (Å²) in [6.07, 6.45) is 0. The van der Waals surface area contributed by atoms with E-state index in [1.165, 1.54) is 29.9 Å². The Morgan fingerprint density at radius 1 is 1.48 bits per heavy atom. The standard InChI is InChI=1S/C12H12FN3O4S/c1-20-9-4-7(13)2-3-8(9)16-10(5-17)14-15-12(16)21-6-11(18)19/h2-4,17H,5-6H2,1H3,(H,18,19). The summed E-state index contributed by atoms with van der Waals surface area (Å²) in [5.74, 6) is -1.28. The number of carboxylic acid groups (broad SMARTS) is 1. The number of thioether (sulfide) groups is 1. The van der Waals surface area contributed by atoms with E-state index >= 15 is 0 Å². The molecular weight excluding hydrogens is 301 g/mol. The number of carbonyl (C=O) groups is 1. The molecule has 1 aromatic heterocycles. The van der Waals surface area contributed by atoms with Crippen LogP contribution in [0.15, 0.2) is 23.4 Å². The molecule has 21 heavy (non-hydrogen) atoms. The van der Waals surface area contributed by atoms with Crippen LogP contribution in [0.5, 0.6) is 5.75 Å². The van der Waals surface area contributed by atoms with Gasteiger partial charge in [-0.25, -0.2) is 4.39 Å². The van der Waals surface area contributed by atoms with Gasteiger partial charge in [0, 0.05) is 6.07 Å². The lowest BCUT2D eigenvalue weighted by Gasteiger charge is -2.12. The summed E-state index contributed by atoms with van der Waals surface area (Å²) in [7, 11) is 1.38. The Labute approximate surface area is 123 Å². The molecule has 0 aliphatic heterocycles. The highest BCUT2D eigenvalue weighted by Gasteiger charge is 2.18. The number of halogens is 1. The van der Waals surface area contributed by atoms with Crippen LogP contribution in [-0.2, 0) is 11.4 Å². The zero-order valence-corrected chi connectivity index (χ0v) is 11.8. The van der Waals surface area contributed by atoms with Crippen LogP contribution in [0.25, 0.3) is 5.69 Å². The van der Waals surface area contributed by atoms with Crippen LogP contribution >= 0.6 is 11.8 Å². The van der Waals surface area contributed by atoms with Gasteiger partial charge in [0.1, 0.15) is 18.2 Å². The second kappa shape index (κ2) is 6.55. The Morgan fingerprint density at radius 2 is 2.24 bits per heavy atom. The number of hydrogen-bond acceptors (Lipinski definition) is 6. The van der Waals surface area contributed by atoms with Gasteiger partial charge in [-0.3, -0.25) is 9.36 Å². The molecule has 0 amide bonds. The summed E-state index contributed by atoms with van der Waals surface area (Å²) in [5, 5.41) is 26.0. The fourth-order valence-electron chi connectivity index (χ4n) is 1.70. The molecule has 1 heterocycles. The van der Waals surface area contributed by atoms with Crippen LogP contribution in [0.4, 0.5) is 4.39 Å². The monoisotopic (exact) mass is 313 g/mol. The van der Waals surface area contributed by atoms with Crippen molar-refractivity contribution in [3.63, 3.8) is 0 Å². The largest absolute Gasteiger partial charge is 0.494 e. The number of aliphatic hydroxyl groups is 1. The summed E-state index contributed by atoms with van der Waals surface area (Å²) >= 11 is 0.939. The van der Waals surface area contributed by atoms with Crippen molar-refractivity contribution in [2.75, 3.05) is 12.9 Å². The molecule has 0 spiro atoms. The average Bonchev–Trinajstić information content (AvgIpc) is 2.87. The number of carboxylic acids is 1. The second-order valence-electron chi connectivity index (χ2n) is 3.89. The number of aliphatic hydroxyl groups excluding tert-OH is 1. The molecule has 0 aliphatic carbocycles. The molecule has 9 heteroatoms. The van der Waals surface area contributed by atoms with E-state index in [0.717, 1.165) is 11.8 Å². The minimum Gasteiger partial charge on any atom is -0.494 e. The maximum absolute atomic E-state index is 13.3. The molecule has 0 aliphatic rings. The van der Waals surface area contributed by atoms with Gasteiger partial charge in [0.2, 0.25) is 0 Å². The Kier molecular flexibility index (Phi) is 4.76. The third kappa shape index (κ3) is 3.31. The Balaban J connectivity index is 2.50. The van der Waals surface area contributed by atoms with Gasteiger partial charge in [0.25, 0.3) is 0 Å². The molecule has 0 atom stereocenters. The van der Waals surface area contributed by atoms with E-state index in [9.17, 15) is 14.3 Å². The Hall–Kier alpha value is -2.13. The molecule has 0 bridgehead atoms. The second-order valence-corrected chi connectivity index (χ2v) is 4.83. The molecule has 0 radical (unpaired) electrons. The van der Waals surface area contributed by atoms with E-state index in [2.05, 4.69) is 10.2 Å². The van der Waals surface area contributed by atoms with Gasteiger partial charge in [-0.1, -0.05) is 11.8 Å². The number of aliphatic carboxylic acids is 1. The van der Waals surface area contributed by atoms with Crippen molar-refractivity contribution in [2.45, 2.75) is 11.8 Å².